The molecular weight excluding hydrogens is 266 g/mol. The maximum absolute atomic E-state index is 12.2. The number of aromatic nitrogens is 2. The zero-order chi connectivity index (χ0) is 13.2. The molecule has 1 aliphatic heterocycles. The maximum atomic E-state index is 12.2. The van der Waals surface area contributed by atoms with Gasteiger partial charge in [-0.25, -0.2) is 4.68 Å². The fraction of sp³-hybridized carbons (Fsp3) is 0.231. The van der Waals surface area contributed by atoms with Crippen molar-refractivity contribution in [1.82, 2.24) is 9.78 Å². The molecule has 98 valence electrons. The van der Waals surface area contributed by atoms with Crippen LogP contribution in [0.3, 0.4) is 0 Å². The van der Waals surface area contributed by atoms with Gasteiger partial charge in [-0.05, 0) is 18.2 Å². The van der Waals surface area contributed by atoms with Gasteiger partial charge in [-0.3, -0.25) is 4.79 Å². The van der Waals surface area contributed by atoms with Crippen LogP contribution < -0.4 is 10.1 Å². The number of fused-ring (bicyclic) bond motifs is 1. The zero-order valence-corrected chi connectivity index (χ0v) is 10.9. The predicted molar refractivity (Wildman–Crippen MR) is 71.7 cm³/mol. The molecular formula is C13H12ClN3O2. The number of hydrogen-bond donors (Lipinski definition) is 1. The molecule has 0 unspecified atom stereocenters. The molecule has 1 aliphatic rings. The van der Waals surface area contributed by atoms with Gasteiger partial charge in [-0.1, -0.05) is 17.7 Å². The van der Waals surface area contributed by atoms with Gasteiger partial charge in [-0.2, -0.15) is 5.10 Å². The fourth-order valence-electron chi connectivity index (χ4n) is 1.99. The summed E-state index contributed by atoms with van der Waals surface area (Å²) in [6.07, 6.45) is 2.44. The molecule has 6 heteroatoms. The first-order valence-electron chi connectivity index (χ1n) is 5.99. The normalized spacial score (nSPS) is 13.5. The fourth-order valence-corrected chi connectivity index (χ4v) is 2.18. The zero-order valence-electron chi connectivity index (χ0n) is 10.1. The molecule has 2 heterocycles. The van der Waals surface area contributed by atoms with Crippen molar-refractivity contribution in [3.63, 3.8) is 0 Å². The monoisotopic (exact) mass is 277 g/mol. The predicted octanol–water partition coefficient (Wildman–Crippen LogP) is 2.57. The Morgan fingerprint density at radius 2 is 2.37 bits per heavy atom. The lowest BCUT2D eigenvalue weighted by Gasteiger charge is -2.15. The molecule has 0 saturated heterocycles. The first-order chi connectivity index (χ1) is 9.24. The summed E-state index contributed by atoms with van der Waals surface area (Å²) in [6, 6.07) is 7.00. The van der Waals surface area contributed by atoms with E-state index in [4.69, 9.17) is 16.3 Å². The van der Waals surface area contributed by atoms with Crippen molar-refractivity contribution in [3.8, 4) is 5.88 Å². The van der Waals surface area contributed by atoms with E-state index < -0.39 is 0 Å². The van der Waals surface area contributed by atoms with E-state index in [9.17, 15) is 4.79 Å². The van der Waals surface area contributed by atoms with Crippen molar-refractivity contribution in [1.29, 1.82) is 0 Å². The number of benzene rings is 1. The molecule has 5 nitrogen and oxygen atoms in total. The average Bonchev–Trinajstić information content (AvgIpc) is 2.82. The molecule has 1 amide bonds. The van der Waals surface area contributed by atoms with E-state index in [2.05, 4.69) is 10.4 Å². The SMILES string of the molecule is O=C(Nc1cccc(Cl)c1)c1cnn2c1OCCC2. The Morgan fingerprint density at radius 3 is 3.21 bits per heavy atom. The van der Waals surface area contributed by atoms with Gasteiger partial charge in [0.1, 0.15) is 5.56 Å². The average molecular weight is 278 g/mol. The number of anilines is 1. The Balaban J connectivity index is 1.83. The highest BCUT2D eigenvalue weighted by molar-refractivity contribution is 6.31. The standard InChI is InChI=1S/C13H12ClN3O2/c14-9-3-1-4-10(7-9)16-12(18)11-8-15-17-5-2-6-19-13(11)17/h1,3-4,7-8H,2,5-6H2,(H,16,18). The number of rotatable bonds is 2. The minimum absolute atomic E-state index is 0.245. The van der Waals surface area contributed by atoms with Crippen molar-refractivity contribution in [2.45, 2.75) is 13.0 Å². The van der Waals surface area contributed by atoms with E-state index in [1.165, 1.54) is 6.20 Å². The van der Waals surface area contributed by atoms with Crippen LogP contribution in [0, 0.1) is 0 Å². The Kier molecular flexibility index (Phi) is 3.13. The Labute approximate surface area is 115 Å². The number of hydrogen-bond acceptors (Lipinski definition) is 3. The summed E-state index contributed by atoms with van der Waals surface area (Å²) in [5.41, 5.74) is 1.09. The Morgan fingerprint density at radius 1 is 1.47 bits per heavy atom. The molecule has 3 rings (SSSR count). The van der Waals surface area contributed by atoms with Gasteiger partial charge in [0.2, 0.25) is 5.88 Å². The molecule has 19 heavy (non-hydrogen) atoms. The number of ether oxygens (including phenoxy) is 1. The second kappa shape index (κ2) is 4.93. The molecule has 0 aliphatic carbocycles. The van der Waals surface area contributed by atoms with Crippen LogP contribution in [0.5, 0.6) is 5.88 Å². The topological polar surface area (TPSA) is 56.2 Å². The van der Waals surface area contributed by atoms with Crippen molar-refractivity contribution < 1.29 is 9.53 Å². The van der Waals surface area contributed by atoms with Crippen molar-refractivity contribution >= 4 is 23.2 Å². The van der Waals surface area contributed by atoms with Gasteiger partial charge in [0.05, 0.1) is 12.8 Å². The van der Waals surface area contributed by atoms with Crippen LogP contribution in [0.4, 0.5) is 5.69 Å². The summed E-state index contributed by atoms with van der Waals surface area (Å²) in [5, 5.41) is 7.50. The number of carbonyl (C=O) groups is 1. The second-order valence-corrected chi connectivity index (χ2v) is 4.69. The first kappa shape index (κ1) is 12.0. The third kappa shape index (κ3) is 2.42. The minimum atomic E-state index is -0.245. The number of halogens is 1. The van der Waals surface area contributed by atoms with E-state index in [0.717, 1.165) is 13.0 Å². The first-order valence-corrected chi connectivity index (χ1v) is 6.37. The minimum Gasteiger partial charge on any atom is -0.477 e. The largest absolute Gasteiger partial charge is 0.477 e. The van der Waals surface area contributed by atoms with E-state index >= 15 is 0 Å². The third-order valence-corrected chi connectivity index (χ3v) is 3.11. The van der Waals surface area contributed by atoms with Crippen LogP contribution in [-0.4, -0.2) is 22.3 Å². The van der Waals surface area contributed by atoms with Crippen LogP contribution in [0.25, 0.3) is 0 Å². The molecule has 2 aromatic rings. The summed E-state index contributed by atoms with van der Waals surface area (Å²) >= 11 is 5.88. The molecule has 0 atom stereocenters. The molecule has 1 aromatic carbocycles. The molecule has 0 spiro atoms. The van der Waals surface area contributed by atoms with Crippen LogP contribution in [0.15, 0.2) is 30.5 Å². The van der Waals surface area contributed by atoms with Crippen LogP contribution in [0.2, 0.25) is 5.02 Å². The highest BCUT2D eigenvalue weighted by atomic mass is 35.5. The van der Waals surface area contributed by atoms with Gasteiger partial charge < -0.3 is 10.1 Å². The number of nitrogens with one attached hydrogen (secondary N) is 1. The lowest BCUT2D eigenvalue weighted by Crippen LogP contribution is -2.18. The van der Waals surface area contributed by atoms with Gasteiger partial charge in [0.25, 0.3) is 5.91 Å². The summed E-state index contributed by atoms with van der Waals surface area (Å²) in [7, 11) is 0. The Bertz CT molecular complexity index is 624. The highest BCUT2D eigenvalue weighted by Crippen LogP contribution is 2.23. The molecule has 1 aromatic heterocycles. The number of aryl methyl sites for hydroxylation is 1. The smallest absolute Gasteiger partial charge is 0.262 e. The highest BCUT2D eigenvalue weighted by Gasteiger charge is 2.21. The molecule has 0 saturated carbocycles. The summed E-state index contributed by atoms with van der Waals surface area (Å²) in [5.74, 6) is 0.288. The molecule has 0 fully saturated rings. The van der Waals surface area contributed by atoms with Gasteiger partial charge >= 0.3 is 0 Å². The summed E-state index contributed by atoms with van der Waals surface area (Å²) in [6.45, 7) is 1.39. The van der Waals surface area contributed by atoms with Crippen LogP contribution in [-0.2, 0) is 6.54 Å². The molecule has 0 radical (unpaired) electrons. The van der Waals surface area contributed by atoms with Crippen molar-refractivity contribution in [2.24, 2.45) is 0 Å². The summed E-state index contributed by atoms with van der Waals surface area (Å²) in [4.78, 5) is 12.2. The lowest BCUT2D eigenvalue weighted by atomic mass is 10.2. The maximum Gasteiger partial charge on any atom is 0.262 e. The summed E-state index contributed by atoms with van der Waals surface area (Å²) < 4.78 is 7.20. The van der Waals surface area contributed by atoms with E-state index in [1.807, 2.05) is 0 Å². The Hall–Kier alpha value is -2.01. The van der Waals surface area contributed by atoms with Crippen molar-refractivity contribution in [2.75, 3.05) is 11.9 Å². The lowest BCUT2D eigenvalue weighted by molar-refractivity contribution is 0.102. The van der Waals surface area contributed by atoms with Crippen molar-refractivity contribution in [3.05, 3.63) is 41.0 Å². The second-order valence-electron chi connectivity index (χ2n) is 4.25. The van der Waals surface area contributed by atoms with E-state index in [1.54, 1.807) is 28.9 Å². The van der Waals surface area contributed by atoms with Crippen LogP contribution in [0.1, 0.15) is 16.8 Å². The molecule has 0 bridgehead atoms. The van der Waals surface area contributed by atoms with E-state index in [0.29, 0.717) is 28.8 Å². The number of nitrogens with zero attached hydrogens (tertiary/aromatic N) is 2. The third-order valence-electron chi connectivity index (χ3n) is 2.87. The van der Waals surface area contributed by atoms with Gasteiger partial charge in [0.15, 0.2) is 0 Å². The number of amides is 1. The van der Waals surface area contributed by atoms with E-state index in [-0.39, 0.29) is 5.91 Å². The van der Waals surface area contributed by atoms with Crippen LogP contribution >= 0.6 is 11.6 Å². The number of carbonyl (C=O) groups excluding carboxylic acids is 1. The van der Waals surface area contributed by atoms with Gasteiger partial charge in [0, 0.05) is 23.7 Å². The quantitative estimate of drug-likeness (QED) is 0.918. The van der Waals surface area contributed by atoms with Gasteiger partial charge in [-0.15, -0.1) is 0 Å². The molecule has 1 N–H and O–H groups in total.